The number of hydrogen-bond acceptors (Lipinski definition) is 5. The highest BCUT2D eigenvalue weighted by Crippen LogP contribution is 2.28. The Morgan fingerprint density at radius 1 is 0.875 bits per heavy atom. The first-order chi connectivity index (χ1) is 15.4. The minimum Gasteiger partial charge on any atom is -0.496 e. The fourth-order valence-electron chi connectivity index (χ4n) is 2.92. The predicted molar refractivity (Wildman–Crippen MR) is 124 cm³/mol. The number of ether oxygens (including phenoxy) is 3. The van der Waals surface area contributed by atoms with Gasteiger partial charge in [-0.25, -0.2) is 0 Å². The first-order valence-corrected chi connectivity index (χ1v) is 10.1. The minimum atomic E-state index is -0.785. The molecule has 0 heterocycles. The van der Waals surface area contributed by atoms with Crippen molar-refractivity contribution in [3.63, 3.8) is 0 Å². The summed E-state index contributed by atoms with van der Waals surface area (Å²) in [6.07, 6.45) is -0.785. The average molecular weight is 455 g/mol. The van der Waals surface area contributed by atoms with Crippen molar-refractivity contribution < 1.29 is 23.8 Å². The topological polar surface area (TPSA) is 85.9 Å². The normalized spacial score (nSPS) is 11.2. The van der Waals surface area contributed by atoms with Crippen LogP contribution in [0.4, 0.5) is 11.4 Å². The molecule has 0 radical (unpaired) electrons. The number of amides is 2. The molecule has 1 atom stereocenters. The Morgan fingerprint density at radius 3 is 2.25 bits per heavy atom. The summed E-state index contributed by atoms with van der Waals surface area (Å²) in [5.41, 5.74) is 1.46. The number of hydrogen-bond donors (Lipinski definition) is 2. The number of nitrogens with one attached hydrogen (secondary N) is 2. The van der Waals surface area contributed by atoms with E-state index in [4.69, 9.17) is 25.8 Å². The van der Waals surface area contributed by atoms with Crippen LogP contribution in [0.25, 0.3) is 0 Å². The van der Waals surface area contributed by atoms with Crippen LogP contribution in [0.15, 0.2) is 66.7 Å². The van der Waals surface area contributed by atoms with Gasteiger partial charge in [-0.05, 0) is 61.5 Å². The van der Waals surface area contributed by atoms with Crippen LogP contribution in [0.1, 0.15) is 17.3 Å². The summed E-state index contributed by atoms with van der Waals surface area (Å²) in [5.74, 6) is 0.797. The van der Waals surface area contributed by atoms with E-state index in [2.05, 4.69) is 10.6 Å². The second-order valence-electron chi connectivity index (χ2n) is 6.77. The van der Waals surface area contributed by atoms with E-state index in [1.807, 2.05) is 0 Å². The maximum absolute atomic E-state index is 12.5. The van der Waals surface area contributed by atoms with Crippen LogP contribution in [-0.4, -0.2) is 32.1 Å². The van der Waals surface area contributed by atoms with Crippen molar-refractivity contribution in [2.24, 2.45) is 0 Å². The highest BCUT2D eigenvalue weighted by Gasteiger charge is 2.17. The van der Waals surface area contributed by atoms with Gasteiger partial charge in [0.15, 0.2) is 6.10 Å². The fraction of sp³-hybridized carbons (Fsp3) is 0.167. The first-order valence-electron chi connectivity index (χ1n) is 9.76. The lowest BCUT2D eigenvalue weighted by atomic mass is 10.2. The second-order valence-corrected chi connectivity index (χ2v) is 7.21. The lowest BCUT2D eigenvalue weighted by Crippen LogP contribution is -2.30. The van der Waals surface area contributed by atoms with E-state index < -0.39 is 6.10 Å². The average Bonchev–Trinajstić information content (AvgIpc) is 2.80. The number of anilines is 2. The van der Waals surface area contributed by atoms with Crippen molar-refractivity contribution in [2.45, 2.75) is 13.0 Å². The molecule has 0 fully saturated rings. The van der Waals surface area contributed by atoms with E-state index in [-0.39, 0.29) is 11.8 Å². The number of carbonyl (C=O) groups is 2. The summed E-state index contributed by atoms with van der Waals surface area (Å²) in [6, 6.07) is 18.6. The summed E-state index contributed by atoms with van der Waals surface area (Å²) in [5, 5.41) is 6.03. The van der Waals surface area contributed by atoms with Gasteiger partial charge >= 0.3 is 0 Å². The number of rotatable bonds is 8. The minimum absolute atomic E-state index is 0.292. The summed E-state index contributed by atoms with van der Waals surface area (Å²) < 4.78 is 16.2. The van der Waals surface area contributed by atoms with Gasteiger partial charge in [-0.15, -0.1) is 0 Å². The highest BCUT2D eigenvalue weighted by atomic mass is 35.5. The summed E-state index contributed by atoms with van der Waals surface area (Å²) >= 11 is 6.00. The zero-order chi connectivity index (χ0) is 23.1. The fourth-order valence-corrected chi connectivity index (χ4v) is 3.09. The predicted octanol–water partition coefficient (Wildman–Crippen LogP) is 5.02. The summed E-state index contributed by atoms with van der Waals surface area (Å²) in [6.45, 7) is 1.63. The molecule has 0 aliphatic heterocycles. The van der Waals surface area contributed by atoms with Crippen molar-refractivity contribution >= 4 is 34.8 Å². The quantitative estimate of drug-likeness (QED) is 0.499. The van der Waals surface area contributed by atoms with Crippen LogP contribution in [0, 0.1) is 0 Å². The van der Waals surface area contributed by atoms with Crippen LogP contribution in [0.5, 0.6) is 17.2 Å². The monoisotopic (exact) mass is 454 g/mol. The van der Waals surface area contributed by atoms with Gasteiger partial charge in [0, 0.05) is 10.7 Å². The van der Waals surface area contributed by atoms with Gasteiger partial charge < -0.3 is 24.8 Å². The van der Waals surface area contributed by atoms with Gasteiger partial charge in [-0.2, -0.15) is 0 Å². The molecule has 7 nitrogen and oxygen atoms in total. The Bertz CT molecular complexity index is 1100. The van der Waals surface area contributed by atoms with E-state index in [0.29, 0.717) is 39.2 Å². The Balaban J connectivity index is 1.61. The molecule has 3 rings (SSSR count). The molecule has 0 aliphatic carbocycles. The Morgan fingerprint density at radius 2 is 1.56 bits per heavy atom. The molecule has 0 spiro atoms. The Labute approximate surface area is 191 Å². The third-order valence-electron chi connectivity index (χ3n) is 4.57. The van der Waals surface area contributed by atoms with Crippen LogP contribution in [-0.2, 0) is 4.79 Å². The van der Waals surface area contributed by atoms with Crippen molar-refractivity contribution in [1.82, 2.24) is 0 Å². The van der Waals surface area contributed by atoms with Gasteiger partial charge in [-0.3, -0.25) is 9.59 Å². The van der Waals surface area contributed by atoms with E-state index in [9.17, 15) is 9.59 Å². The lowest BCUT2D eigenvalue weighted by Gasteiger charge is -2.16. The maximum Gasteiger partial charge on any atom is 0.265 e. The highest BCUT2D eigenvalue weighted by molar-refractivity contribution is 6.31. The van der Waals surface area contributed by atoms with E-state index in [0.717, 1.165) is 0 Å². The zero-order valence-corrected chi connectivity index (χ0v) is 18.6. The molecule has 2 amide bonds. The van der Waals surface area contributed by atoms with Crippen molar-refractivity contribution in [1.29, 1.82) is 0 Å². The third kappa shape index (κ3) is 5.70. The van der Waals surface area contributed by atoms with Gasteiger partial charge in [-0.1, -0.05) is 23.7 Å². The second kappa shape index (κ2) is 10.5. The molecule has 3 aromatic carbocycles. The molecule has 0 aliphatic rings. The van der Waals surface area contributed by atoms with Gasteiger partial charge in [0.25, 0.3) is 11.8 Å². The van der Waals surface area contributed by atoms with E-state index in [1.165, 1.54) is 14.2 Å². The van der Waals surface area contributed by atoms with Crippen LogP contribution in [0.3, 0.4) is 0 Å². The molecular weight excluding hydrogens is 432 g/mol. The third-order valence-corrected chi connectivity index (χ3v) is 4.80. The molecule has 3 aromatic rings. The van der Waals surface area contributed by atoms with Crippen molar-refractivity contribution in [3.05, 3.63) is 77.3 Å². The largest absolute Gasteiger partial charge is 0.496 e. The summed E-state index contributed by atoms with van der Waals surface area (Å²) in [4.78, 5) is 25.0. The first kappa shape index (κ1) is 23.0. The molecule has 1 unspecified atom stereocenters. The van der Waals surface area contributed by atoms with Gasteiger partial charge in [0.2, 0.25) is 0 Å². The molecular formula is C24H23ClN2O5. The smallest absolute Gasteiger partial charge is 0.265 e. The zero-order valence-electron chi connectivity index (χ0n) is 17.8. The molecule has 0 aromatic heterocycles. The number of methoxy groups -OCH3 is 2. The number of halogens is 1. The van der Waals surface area contributed by atoms with Crippen molar-refractivity contribution in [3.8, 4) is 17.2 Å². The molecule has 2 N–H and O–H groups in total. The number of carbonyl (C=O) groups excluding carboxylic acids is 2. The maximum atomic E-state index is 12.5. The molecule has 32 heavy (non-hydrogen) atoms. The Hall–Kier alpha value is -3.71. The van der Waals surface area contributed by atoms with Crippen LogP contribution >= 0.6 is 11.6 Å². The molecule has 8 heteroatoms. The molecule has 0 bridgehead atoms. The molecule has 0 saturated carbocycles. The number of benzene rings is 3. The lowest BCUT2D eigenvalue weighted by molar-refractivity contribution is -0.122. The Kier molecular flexibility index (Phi) is 7.57. The van der Waals surface area contributed by atoms with E-state index in [1.54, 1.807) is 73.7 Å². The SMILES string of the molecule is COc1ccc(Cl)cc1NC(=O)C(C)Oc1ccc(NC(=O)c2ccccc2OC)cc1. The standard InChI is InChI=1S/C24H23ClN2O5/c1-15(23(28)27-20-14-16(25)8-13-22(20)31-3)32-18-11-9-17(10-12-18)26-24(29)19-6-4-5-7-21(19)30-2/h4-15H,1-3H3,(H,26,29)(H,27,28). The number of para-hydroxylation sites is 1. The van der Waals surface area contributed by atoms with Crippen molar-refractivity contribution in [2.75, 3.05) is 24.9 Å². The van der Waals surface area contributed by atoms with E-state index >= 15 is 0 Å². The van der Waals surface area contributed by atoms with Gasteiger partial charge in [0.1, 0.15) is 17.2 Å². The van der Waals surface area contributed by atoms with Gasteiger partial charge in [0.05, 0.1) is 25.5 Å². The molecule has 0 saturated heterocycles. The van der Waals surface area contributed by atoms with Crippen LogP contribution in [0.2, 0.25) is 5.02 Å². The van der Waals surface area contributed by atoms with Crippen LogP contribution < -0.4 is 24.8 Å². The molecule has 166 valence electrons. The summed E-state index contributed by atoms with van der Waals surface area (Å²) in [7, 11) is 3.02.